The Balaban J connectivity index is 1.43. The van der Waals surface area contributed by atoms with Crippen LogP contribution in [0.25, 0.3) is 0 Å². The third-order valence-corrected chi connectivity index (χ3v) is 6.89. The van der Waals surface area contributed by atoms with Crippen molar-refractivity contribution in [2.75, 3.05) is 26.2 Å². The van der Waals surface area contributed by atoms with E-state index in [1.54, 1.807) is 6.07 Å². The van der Waals surface area contributed by atoms with Crippen LogP contribution >= 0.6 is 0 Å². The van der Waals surface area contributed by atoms with Crippen LogP contribution < -0.4 is 0 Å². The van der Waals surface area contributed by atoms with Crippen molar-refractivity contribution < 1.29 is 14.3 Å². The number of aliphatic hydroxyl groups is 1. The van der Waals surface area contributed by atoms with E-state index in [9.17, 15) is 14.3 Å². The molecule has 1 aromatic rings. The van der Waals surface area contributed by atoms with Crippen LogP contribution in [0.4, 0.5) is 4.39 Å². The number of amides is 1. The number of fused-ring (bicyclic) bond motifs is 1. The van der Waals surface area contributed by atoms with Gasteiger partial charge in [-0.15, -0.1) is 0 Å². The summed E-state index contributed by atoms with van der Waals surface area (Å²) >= 11 is 0. The summed E-state index contributed by atoms with van der Waals surface area (Å²) in [6.07, 6.45) is 4.63. The Labute approximate surface area is 155 Å². The normalized spacial score (nSPS) is 30.0. The van der Waals surface area contributed by atoms with Gasteiger partial charge in [0.25, 0.3) is 0 Å². The summed E-state index contributed by atoms with van der Waals surface area (Å²) in [7, 11) is 0. The SMILES string of the molecule is Cc1c(F)cccc1CN1CC[C@]2(O)CCN(C(=O)C3CCC3)C[C@@H]2C1. The van der Waals surface area contributed by atoms with Crippen molar-refractivity contribution in [1.29, 1.82) is 0 Å². The Hall–Kier alpha value is -1.46. The van der Waals surface area contributed by atoms with Crippen LogP contribution in [0.15, 0.2) is 18.2 Å². The number of piperidine rings is 2. The summed E-state index contributed by atoms with van der Waals surface area (Å²) in [5.74, 6) is 0.432. The minimum Gasteiger partial charge on any atom is -0.389 e. The summed E-state index contributed by atoms with van der Waals surface area (Å²) < 4.78 is 13.8. The Morgan fingerprint density at radius 3 is 2.77 bits per heavy atom. The Kier molecular flexibility index (Phi) is 4.78. The first kappa shape index (κ1) is 17.9. The van der Waals surface area contributed by atoms with Gasteiger partial charge >= 0.3 is 0 Å². The molecule has 4 rings (SSSR count). The fraction of sp³-hybridized carbons (Fsp3) is 0.667. The summed E-state index contributed by atoms with van der Waals surface area (Å²) in [5, 5.41) is 11.1. The van der Waals surface area contributed by atoms with Crippen LogP contribution in [-0.4, -0.2) is 52.6 Å². The Morgan fingerprint density at radius 1 is 1.27 bits per heavy atom. The van der Waals surface area contributed by atoms with Gasteiger partial charge in [-0.1, -0.05) is 18.6 Å². The number of hydrogen-bond donors (Lipinski definition) is 1. The van der Waals surface area contributed by atoms with Crippen molar-refractivity contribution >= 4 is 5.91 Å². The predicted octanol–water partition coefficient (Wildman–Crippen LogP) is 2.72. The summed E-state index contributed by atoms with van der Waals surface area (Å²) in [4.78, 5) is 16.9. The predicted molar refractivity (Wildman–Crippen MR) is 98.0 cm³/mol. The molecule has 1 saturated carbocycles. The molecule has 3 aliphatic rings. The van der Waals surface area contributed by atoms with Gasteiger partial charge in [0.1, 0.15) is 5.82 Å². The van der Waals surface area contributed by atoms with Crippen LogP contribution in [0.5, 0.6) is 0 Å². The van der Waals surface area contributed by atoms with Gasteiger partial charge in [0.2, 0.25) is 5.91 Å². The second-order valence-electron chi connectivity index (χ2n) is 8.47. The summed E-state index contributed by atoms with van der Waals surface area (Å²) in [6, 6.07) is 5.24. The number of hydrogen-bond acceptors (Lipinski definition) is 3. The zero-order valence-corrected chi connectivity index (χ0v) is 15.6. The first-order valence-corrected chi connectivity index (χ1v) is 9.94. The number of carbonyl (C=O) groups is 1. The fourth-order valence-electron chi connectivity index (χ4n) is 4.69. The second-order valence-corrected chi connectivity index (χ2v) is 8.47. The van der Waals surface area contributed by atoms with Gasteiger partial charge in [0.05, 0.1) is 5.60 Å². The highest BCUT2D eigenvalue weighted by Crippen LogP contribution is 2.38. The van der Waals surface area contributed by atoms with E-state index in [1.165, 1.54) is 12.5 Å². The Morgan fingerprint density at radius 2 is 2.04 bits per heavy atom. The second kappa shape index (κ2) is 6.93. The summed E-state index contributed by atoms with van der Waals surface area (Å²) in [6.45, 7) is 5.45. The van der Waals surface area contributed by atoms with Crippen LogP contribution in [0.3, 0.4) is 0 Å². The van der Waals surface area contributed by atoms with Gasteiger partial charge in [-0.3, -0.25) is 9.69 Å². The zero-order valence-electron chi connectivity index (χ0n) is 15.6. The lowest BCUT2D eigenvalue weighted by Gasteiger charge is -2.51. The average Bonchev–Trinajstić information content (AvgIpc) is 2.57. The largest absolute Gasteiger partial charge is 0.389 e. The minimum absolute atomic E-state index is 0.0860. The van der Waals surface area contributed by atoms with Gasteiger partial charge in [0.15, 0.2) is 0 Å². The van der Waals surface area contributed by atoms with Crippen molar-refractivity contribution in [2.24, 2.45) is 11.8 Å². The highest BCUT2D eigenvalue weighted by molar-refractivity contribution is 5.79. The molecule has 142 valence electrons. The van der Waals surface area contributed by atoms with Crippen molar-refractivity contribution in [1.82, 2.24) is 9.80 Å². The number of benzene rings is 1. The van der Waals surface area contributed by atoms with Crippen LogP contribution in [0.2, 0.25) is 0 Å². The highest BCUT2D eigenvalue weighted by Gasteiger charge is 2.46. The van der Waals surface area contributed by atoms with E-state index < -0.39 is 5.60 Å². The van der Waals surface area contributed by atoms with Crippen LogP contribution in [0, 0.1) is 24.6 Å². The molecule has 1 aliphatic carbocycles. The van der Waals surface area contributed by atoms with Gasteiger partial charge in [-0.05, 0) is 49.8 Å². The lowest BCUT2D eigenvalue weighted by Crippen LogP contribution is -2.61. The molecule has 1 amide bonds. The van der Waals surface area contributed by atoms with E-state index in [0.717, 1.165) is 37.9 Å². The molecule has 2 aliphatic heterocycles. The first-order chi connectivity index (χ1) is 12.5. The molecule has 0 bridgehead atoms. The summed E-state index contributed by atoms with van der Waals surface area (Å²) in [5.41, 5.74) is 1.07. The topological polar surface area (TPSA) is 43.8 Å². The minimum atomic E-state index is -0.649. The van der Waals surface area contributed by atoms with E-state index in [0.29, 0.717) is 31.6 Å². The van der Waals surface area contributed by atoms with E-state index in [1.807, 2.05) is 17.9 Å². The lowest BCUT2D eigenvalue weighted by atomic mass is 9.74. The fourth-order valence-corrected chi connectivity index (χ4v) is 4.69. The molecule has 4 nitrogen and oxygen atoms in total. The number of nitrogens with zero attached hydrogens (tertiary/aromatic N) is 2. The van der Waals surface area contributed by atoms with Gasteiger partial charge in [-0.2, -0.15) is 0 Å². The molecule has 1 aromatic carbocycles. The monoisotopic (exact) mass is 360 g/mol. The first-order valence-electron chi connectivity index (χ1n) is 9.94. The molecule has 2 saturated heterocycles. The maximum Gasteiger partial charge on any atom is 0.225 e. The molecule has 0 unspecified atom stereocenters. The van der Waals surface area contributed by atoms with Gasteiger partial charge < -0.3 is 10.0 Å². The Bertz CT molecular complexity index is 691. The van der Waals surface area contributed by atoms with Gasteiger partial charge in [0, 0.05) is 44.6 Å². The molecule has 2 atom stereocenters. The average molecular weight is 360 g/mol. The molecule has 2 heterocycles. The molecule has 0 spiro atoms. The molecular formula is C21H29FN2O2. The number of likely N-dealkylation sites (tertiary alicyclic amines) is 2. The number of halogens is 1. The number of rotatable bonds is 3. The lowest BCUT2D eigenvalue weighted by molar-refractivity contribution is -0.153. The third kappa shape index (κ3) is 3.27. The van der Waals surface area contributed by atoms with Crippen molar-refractivity contribution in [3.8, 4) is 0 Å². The van der Waals surface area contributed by atoms with Gasteiger partial charge in [-0.25, -0.2) is 4.39 Å². The van der Waals surface area contributed by atoms with Crippen LogP contribution in [-0.2, 0) is 11.3 Å². The third-order valence-electron chi connectivity index (χ3n) is 6.89. The molecule has 1 N–H and O–H groups in total. The highest BCUT2D eigenvalue weighted by atomic mass is 19.1. The van der Waals surface area contributed by atoms with E-state index in [-0.39, 0.29) is 23.6 Å². The van der Waals surface area contributed by atoms with Crippen LogP contribution in [0.1, 0.15) is 43.2 Å². The van der Waals surface area contributed by atoms with E-state index in [2.05, 4.69) is 4.90 Å². The van der Waals surface area contributed by atoms with E-state index in [4.69, 9.17) is 0 Å². The van der Waals surface area contributed by atoms with Crippen molar-refractivity contribution in [3.63, 3.8) is 0 Å². The molecule has 5 heteroatoms. The van der Waals surface area contributed by atoms with E-state index >= 15 is 0 Å². The quantitative estimate of drug-likeness (QED) is 0.901. The zero-order chi connectivity index (χ0) is 18.3. The maximum absolute atomic E-state index is 13.8. The molecule has 26 heavy (non-hydrogen) atoms. The maximum atomic E-state index is 13.8. The molecule has 3 fully saturated rings. The molecule has 0 radical (unpaired) electrons. The van der Waals surface area contributed by atoms with Crippen molar-refractivity contribution in [3.05, 3.63) is 35.1 Å². The molecule has 0 aromatic heterocycles. The molecular weight excluding hydrogens is 331 g/mol. The standard InChI is InChI=1S/C21H29FN2O2/c1-15-17(6-3-7-19(15)22)12-23-10-8-21(26)9-11-24(14-18(21)13-23)20(25)16-4-2-5-16/h3,6-7,16,18,26H,2,4-5,8-14H2,1H3/t18-,21-/m0/s1. The number of carbonyl (C=O) groups excluding carboxylic acids is 1. The smallest absolute Gasteiger partial charge is 0.225 e. The van der Waals surface area contributed by atoms with Crippen molar-refractivity contribution in [2.45, 2.75) is 51.2 Å².